The van der Waals surface area contributed by atoms with Crippen molar-refractivity contribution >= 4 is 44.8 Å². The van der Waals surface area contributed by atoms with Crippen molar-refractivity contribution in [3.05, 3.63) is 64.6 Å². The topological polar surface area (TPSA) is 110 Å². The molecule has 0 spiro atoms. The number of fused-ring (bicyclic) bond motifs is 1. The van der Waals surface area contributed by atoms with Gasteiger partial charge in [-0.1, -0.05) is 35.0 Å². The molecular formula is C19H14ClN5O3S. The molecule has 2 amide bonds. The largest absolute Gasteiger partial charge is 0.345 e. The van der Waals surface area contributed by atoms with Gasteiger partial charge in [0.1, 0.15) is 4.88 Å². The molecule has 0 fully saturated rings. The highest BCUT2D eigenvalue weighted by Gasteiger charge is 2.17. The Morgan fingerprint density at radius 2 is 1.90 bits per heavy atom. The number of rotatable bonds is 6. The number of nitrogens with zero attached hydrogens (tertiary/aromatic N) is 3. The maximum atomic E-state index is 12.4. The summed E-state index contributed by atoms with van der Waals surface area (Å²) in [6.45, 7) is -0.148. The normalized spacial score (nSPS) is 10.8. The number of carbonyl (C=O) groups is 2. The number of pyridine rings is 1. The van der Waals surface area contributed by atoms with Gasteiger partial charge < -0.3 is 15.2 Å². The molecule has 3 heterocycles. The fourth-order valence-corrected chi connectivity index (χ4v) is 4.02. The third-order valence-corrected chi connectivity index (χ3v) is 5.67. The van der Waals surface area contributed by atoms with Crippen LogP contribution in [0.15, 0.2) is 53.3 Å². The predicted octanol–water partition coefficient (Wildman–Crippen LogP) is 3.05. The predicted molar refractivity (Wildman–Crippen MR) is 109 cm³/mol. The highest BCUT2D eigenvalue weighted by molar-refractivity contribution is 7.21. The molecule has 0 radical (unpaired) electrons. The minimum atomic E-state index is -0.399. The van der Waals surface area contributed by atoms with Gasteiger partial charge in [-0.25, -0.2) is 0 Å². The van der Waals surface area contributed by atoms with Gasteiger partial charge in [0, 0.05) is 28.0 Å². The monoisotopic (exact) mass is 427 g/mol. The second-order valence-corrected chi connectivity index (χ2v) is 7.38. The van der Waals surface area contributed by atoms with E-state index in [4.69, 9.17) is 16.1 Å². The molecule has 2 N–H and O–H groups in total. The van der Waals surface area contributed by atoms with Gasteiger partial charge in [-0.05, 0) is 18.2 Å². The lowest BCUT2D eigenvalue weighted by Gasteiger charge is -2.04. The van der Waals surface area contributed by atoms with Crippen molar-refractivity contribution in [2.75, 3.05) is 6.54 Å². The summed E-state index contributed by atoms with van der Waals surface area (Å²) in [5.41, 5.74) is 0.758. The van der Waals surface area contributed by atoms with E-state index in [0.29, 0.717) is 15.7 Å². The Morgan fingerprint density at radius 3 is 2.69 bits per heavy atom. The van der Waals surface area contributed by atoms with Gasteiger partial charge in [0.2, 0.25) is 17.6 Å². The van der Waals surface area contributed by atoms with Crippen LogP contribution in [0.25, 0.3) is 21.5 Å². The summed E-state index contributed by atoms with van der Waals surface area (Å²) in [5, 5.41) is 10.3. The van der Waals surface area contributed by atoms with Crippen LogP contribution in [0.1, 0.15) is 15.6 Å². The Morgan fingerprint density at radius 1 is 1.10 bits per heavy atom. The van der Waals surface area contributed by atoms with Crippen molar-refractivity contribution in [2.45, 2.75) is 6.54 Å². The molecule has 0 aliphatic rings. The fourth-order valence-electron chi connectivity index (χ4n) is 2.58. The van der Waals surface area contributed by atoms with E-state index in [1.165, 1.54) is 11.3 Å². The minimum absolute atomic E-state index is 0.0520. The molecule has 3 aromatic heterocycles. The molecule has 0 aliphatic heterocycles. The van der Waals surface area contributed by atoms with Crippen LogP contribution in [0.4, 0.5) is 0 Å². The van der Waals surface area contributed by atoms with Crippen molar-refractivity contribution in [3.63, 3.8) is 0 Å². The maximum Gasteiger partial charge on any atom is 0.263 e. The van der Waals surface area contributed by atoms with Crippen LogP contribution in [0.2, 0.25) is 5.02 Å². The molecule has 0 saturated carbocycles. The molecule has 4 rings (SSSR count). The van der Waals surface area contributed by atoms with E-state index < -0.39 is 5.91 Å². The first-order valence-corrected chi connectivity index (χ1v) is 9.76. The van der Waals surface area contributed by atoms with Gasteiger partial charge in [0.15, 0.2) is 0 Å². The first-order valence-electron chi connectivity index (χ1n) is 8.56. The Hall–Kier alpha value is -3.30. The molecule has 0 aliphatic carbocycles. The lowest BCUT2D eigenvalue weighted by molar-refractivity contribution is -0.120. The number of nitrogens with one attached hydrogen (secondary N) is 2. The van der Waals surface area contributed by atoms with E-state index in [1.807, 2.05) is 24.3 Å². The van der Waals surface area contributed by atoms with Crippen molar-refractivity contribution < 1.29 is 14.1 Å². The molecule has 4 aromatic rings. The number of amides is 2. The third kappa shape index (κ3) is 4.25. The summed E-state index contributed by atoms with van der Waals surface area (Å²) in [5.74, 6) is -0.128. The van der Waals surface area contributed by atoms with Crippen LogP contribution in [0.3, 0.4) is 0 Å². The van der Waals surface area contributed by atoms with E-state index >= 15 is 0 Å². The summed E-state index contributed by atoms with van der Waals surface area (Å²) in [4.78, 5) is 32.9. The quantitative estimate of drug-likeness (QED) is 0.489. The van der Waals surface area contributed by atoms with Crippen LogP contribution in [-0.4, -0.2) is 33.5 Å². The van der Waals surface area contributed by atoms with E-state index in [-0.39, 0.29) is 24.9 Å². The van der Waals surface area contributed by atoms with E-state index in [0.717, 1.165) is 15.6 Å². The highest BCUT2D eigenvalue weighted by atomic mass is 35.5. The van der Waals surface area contributed by atoms with Gasteiger partial charge in [-0.3, -0.25) is 14.6 Å². The lowest BCUT2D eigenvalue weighted by Crippen LogP contribution is -2.36. The zero-order valence-electron chi connectivity index (χ0n) is 14.9. The van der Waals surface area contributed by atoms with Crippen LogP contribution >= 0.6 is 22.9 Å². The number of thiophene rings is 1. The van der Waals surface area contributed by atoms with Crippen LogP contribution in [-0.2, 0) is 11.3 Å². The van der Waals surface area contributed by atoms with Crippen LogP contribution in [0.5, 0.6) is 0 Å². The van der Waals surface area contributed by atoms with Crippen molar-refractivity contribution in [3.8, 4) is 11.4 Å². The number of benzene rings is 1. The maximum absolute atomic E-state index is 12.4. The molecule has 0 bridgehead atoms. The Labute approximate surface area is 173 Å². The van der Waals surface area contributed by atoms with Crippen molar-refractivity contribution in [1.82, 2.24) is 25.8 Å². The number of aromatic nitrogens is 3. The van der Waals surface area contributed by atoms with Gasteiger partial charge in [0.05, 0.1) is 18.1 Å². The number of carbonyl (C=O) groups excluding carboxylic acids is 2. The summed E-state index contributed by atoms with van der Waals surface area (Å²) in [6, 6.07) is 11.0. The second kappa shape index (κ2) is 8.38. The standard InChI is InChI=1S/C19H14ClN5O3S/c20-16-12-3-1-2-4-13(12)29-17(16)19(27)23-9-14(26)22-10-15-24-18(25-28-15)11-5-7-21-8-6-11/h1-8H,9-10H2,(H,22,26)(H,23,27). The number of halogens is 1. The highest BCUT2D eigenvalue weighted by Crippen LogP contribution is 2.34. The molecule has 146 valence electrons. The van der Waals surface area contributed by atoms with Crippen LogP contribution in [0, 0.1) is 0 Å². The summed E-state index contributed by atoms with van der Waals surface area (Å²) < 4.78 is 6.03. The van der Waals surface area contributed by atoms with E-state index in [2.05, 4.69) is 25.8 Å². The first kappa shape index (κ1) is 19.0. The molecule has 8 nitrogen and oxygen atoms in total. The minimum Gasteiger partial charge on any atom is -0.345 e. The van der Waals surface area contributed by atoms with E-state index in [9.17, 15) is 9.59 Å². The Balaban J connectivity index is 1.30. The van der Waals surface area contributed by atoms with E-state index in [1.54, 1.807) is 24.5 Å². The summed E-state index contributed by atoms with van der Waals surface area (Å²) in [6.07, 6.45) is 3.25. The van der Waals surface area contributed by atoms with Crippen molar-refractivity contribution in [2.24, 2.45) is 0 Å². The smallest absolute Gasteiger partial charge is 0.263 e. The van der Waals surface area contributed by atoms with Gasteiger partial charge in [0.25, 0.3) is 5.91 Å². The molecule has 0 unspecified atom stereocenters. The zero-order valence-corrected chi connectivity index (χ0v) is 16.5. The average molecular weight is 428 g/mol. The lowest BCUT2D eigenvalue weighted by atomic mass is 10.2. The molecule has 0 atom stereocenters. The number of hydrogen-bond donors (Lipinski definition) is 2. The Kier molecular flexibility index (Phi) is 5.50. The Bertz CT molecular complexity index is 1180. The first-order chi connectivity index (χ1) is 14.1. The molecule has 1 aromatic carbocycles. The number of hydrogen-bond acceptors (Lipinski definition) is 7. The SMILES string of the molecule is O=C(CNC(=O)c1sc2ccccc2c1Cl)NCc1nc(-c2ccncc2)no1. The summed E-state index contributed by atoms with van der Waals surface area (Å²) in [7, 11) is 0. The molecular weight excluding hydrogens is 414 g/mol. The van der Waals surface area contributed by atoms with Crippen LogP contribution < -0.4 is 10.6 Å². The average Bonchev–Trinajstić information content (AvgIpc) is 3.36. The molecule has 29 heavy (non-hydrogen) atoms. The summed E-state index contributed by atoms with van der Waals surface area (Å²) >= 11 is 7.56. The van der Waals surface area contributed by atoms with Gasteiger partial charge >= 0.3 is 0 Å². The zero-order chi connectivity index (χ0) is 20.2. The van der Waals surface area contributed by atoms with Crippen molar-refractivity contribution in [1.29, 1.82) is 0 Å². The van der Waals surface area contributed by atoms with Gasteiger partial charge in [-0.15, -0.1) is 11.3 Å². The second-order valence-electron chi connectivity index (χ2n) is 5.95. The molecule has 10 heteroatoms. The molecule has 0 saturated heterocycles. The fraction of sp³-hybridized carbons (Fsp3) is 0.105. The third-order valence-electron chi connectivity index (χ3n) is 3.99. The van der Waals surface area contributed by atoms with Gasteiger partial charge in [-0.2, -0.15) is 4.98 Å².